The van der Waals surface area contributed by atoms with Crippen molar-refractivity contribution < 1.29 is 4.79 Å². The third-order valence-electron chi connectivity index (χ3n) is 6.58. The number of fused-ring (bicyclic) bond motifs is 2. The van der Waals surface area contributed by atoms with E-state index in [2.05, 4.69) is 41.1 Å². The molecule has 0 atom stereocenters. The first-order valence-corrected chi connectivity index (χ1v) is 10.8. The number of para-hydroxylation sites is 1. The lowest BCUT2D eigenvalue weighted by molar-refractivity contribution is -0.118. The zero-order valence-corrected chi connectivity index (χ0v) is 17.6. The van der Waals surface area contributed by atoms with Gasteiger partial charge in [-0.25, -0.2) is 9.97 Å². The lowest BCUT2D eigenvalue weighted by Crippen LogP contribution is -2.35. The van der Waals surface area contributed by atoms with E-state index in [0.29, 0.717) is 12.3 Å². The van der Waals surface area contributed by atoms with Crippen LogP contribution in [0.1, 0.15) is 47.8 Å². The molecule has 0 N–H and O–H groups in total. The first kappa shape index (κ1) is 19.1. The van der Waals surface area contributed by atoms with Crippen LogP contribution in [0.4, 0.5) is 5.82 Å². The van der Waals surface area contributed by atoms with E-state index in [-0.39, 0.29) is 5.91 Å². The van der Waals surface area contributed by atoms with Crippen LogP contribution in [-0.2, 0) is 17.8 Å². The number of likely N-dealkylation sites (tertiary alicyclic amines) is 1. The Hall–Kier alpha value is -2.86. The van der Waals surface area contributed by atoms with Gasteiger partial charge in [0.05, 0.1) is 5.52 Å². The van der Waals surface area contributed by atoms with Crippen molar-refractivity contribution in [2.75, 3.05) is 25.0 Å². The summed E-state index contributed by atoms with van der Waals surface area (Å²) in [4.78, 5) is 30.5. The molecule has 0 spiro atoms. The highest BCUT2D eigenvalue weighted by Crippen LogP contribution is 2.32. The Morgan fingerprint density at radius 2 is 1.87 bits per heavy atom. The number of rotatable bonds is 3. The van der Waals surface area contributed by atoms with Crippen molar-refractivity contribution in [2.24, 2.45) is 0 Å². The SMILES string of the molecule is Cc1nc(C2CCN(Cc3ccnc4ccccc34)CC2)nc2c1CCC(=O)N2C. The Bertz CT molecular complexity index is 1100. The number of anilines is 1. The van der Waals surface area contributed by atoms with Gasteiger partial charge in [0, 0.05) is 48.8 Å². The number of nitrogens with zero attached hydrogens (tertiary/aromatic N) is 5. The number of aryl methyl sites for hydroxylation is 1. The van der Waals surface area contributed by atoms with Crippen LogP contribution >= 0.6 is 0 Å². The molecular weight excluding hydrogens is 374 g/mol. The van der Waals surface area contributed by atoms with Crippen LogP contribution in [0, 0.1) is 6.92 Å². The summed E-state index contributed by atoms with van der Waals surface area (Å²) in [6.45, 7) is 5.04. The number of hydrogen-bond acceptors (Lipinski definition) is 5. The second kappa shape index (κ2) is 7.76. The third kappa shape index (κ3) is 3.45. The summed E-state index contributed by atoms with van der Waals surface area (Å²) < 4.78 is 0. The molecule has 1 saturated heterocycles. The number of benzene rings is 1. The molecule has 4 heterocycles. The van der Waals surface area contributed by atoms with Gasteiger partial charge in [-0.2, -0.15) is 0 Å². The standard InChI is InChI=1S/C24H27N5O/c1-16-19-7-8-22(30)28(2)24(19)27-23(26-16)17-10-13-29(14-11-17)15-18-9-12-25-21-6-4-3-5-20(18)21/h3-6,9,12,17H,7-8,10-11,13-15H2,1-2H3. The van der Waals surface area contributed by atoms with E-state index >= 15 is 0 Å². The van der Waals surface area contributed by atoms with Crippen LogP contribution in [0.5, 0.6) is 0 Å². The highest BCUT2D eigenvalue weighted by atomic mass is 16.2. The molecule has 1 aromatic carbocycles. The second-order valence-corrected chi connectivity index (χ2v) is 8.46. The summed E-state index contributed by atoms with van der Waals surface area (Å²) in [5.41, 5.74) is 4.55. The molecule has 6 heteroatoms. The topological polar surface area (TPSA) is 62.2 Å². The van der Waals surface area contributed by atoms with E-state index in [9.17, 15) is 4.79 Å². The van der Waals surface area contributed by atoms with Gasteiger partial charge in [-0.3, -0.25) is 19.6 Å². The number of hydrogen-bond donors (Lipinski definition) is 0. The largest absolute Gasteiger partial charge is 0.300 e. The van der Waals surface area contributed by atoms with Crippen molar-refractivity contribution >= 4 is 22.6 Å². The van der Waals surface area contributed by atoms with Crippen molar-refractivity contribution in [3.63, 3.8) is 0 Å². The molecule has 3 aromatic rings. The molecule has 0 aliphatic carbocycles. The average Bonchev–Trinajstić information content (AvgIpc) is 2.77. The predicted molar refractivity (Wildman–Crippen MR) is 117 cm³/mol. The highest BCUT2D eigenvalue weighted by molar-refractivity contribution is 5.94. The van der Waals surface area contributed by atoms with E-state index < -0.39 is 0 Å². The Morgan fingerprint density at radius 3 is 2.70 bits per heavy atom. The minimum atomic E-state index is 0.144. The monoisotopic (exact) mass is 401 g/mol. The fourth-order valence-electron chi connectivity index (χ4n) is 4.76. The Morgan fingerprint density at radius 1 is 1.07 bits per heavy atom. The lowest BCUT2D eigenvalue weighted by Gasteiger charge is -2.32. The summed E-state index contributed by atoms with van der Waals surface area (Å²) in [7, 11) is 1.83. The zero-order valence-electron chi connectivity index (χ0n) is 17.6. The first-order chi connectivity index (χ1) is 14.6. The van der Waals surface area contributed by atoms with Gasteiger partial charge in [-0.1, -0.05) is 18.2 Å². The van der Waals surface area contributed by atoms with E-state index in [1.807, 2.05) is 19.3 Å². The molecule has 5 rings (SSSR count). The van der Waals surface area contributed by atoms with Crippen LogP contribution in [0.15, 0.2) is 36.5 Å². The van der Waals surface area contributed by atoms with Crippen LogP contribution in [0.3, 0.4) is 0 Å². The van der Waals surface area contributed by atoms with Gasteiger partial charge in [-0.15, -0.1) is 0 Å². The number of carbonyl (C=O) groups excluding carboxylic acids is 1. The Labute approximate surface area is 177 Å². The van der Waals surface area contributed by atoms with Crippen LogP contribution < -0.4 is 4.90 Å². The third-order valence-corrected chi connectivity index (χ3v) is 6.58. The molecule has 30 heavy (non-hydrogen) atoms. The molecule has 0 unspecified atom stereocenters. The average molecular weight is 402 g/mol. The van der Waals surface area contributed by atoms with Gasteiger partial charge < -0.3 is 0 Å². The first-order valence-electron chi connectivity index (χ1n) is 10.8. The van der Waals surface area contributed by atoms with Crippen molar-refractivity contribution in [1.82, 2.24) is 19.9 Å². The van der Waals surface area contributed by atoms with Gasteiger partial charge in [0.25, 0.3) is 0 Å². The smallest absolute Gasteiger partial charge is 0.228 e. The summed E-state index contributed by atoms with van der Waals surface area (Å²) in [5, 5.41) is 1.24. The van der Waals surface area contributed by atoms with Crippen molar-refractivity contribution in [3.8, 4) is 0 Å². The molecule has 2 aliphatic rings. The number of pyridine rings is 1. The van der Waals surface area contributed by atoms with Crippen molar-refractivity contribution in [3.05, 3.63) is 59.2 Å². The minimum absolute atomic E-state index is 0.144. The van der Waals surface area contributed by atoms with E-state index in [1.54, 1.807) is 4.90 Å². The van der Waals surface area contributed by atoms with Gasteiger partial charge in [0.2, 0.25) is 5.91 Å². The zero-order chi connectivity index (χ0) is 20.7. The fourth-order valence-corrected chi connectivity index (χ4v) is 4.76. The Kier molecular flexibility index (Phi) is 4.95. The maximum absolute atomic E-state index is 12.1. The van der Waals surface area contributed by atoms with Gasteiger partial charge in [0.1, 0.15) is 11.6 Å². The lowest BCUT2D eigenvalue weighted by atomic mass is 9.94. The Balaban J connectivity index is 1.31. The molecule has 0 bridgehead atoms. The molecular formula is C24H27N5O. The number of piperidine rings is 1. The summed E-state index contributed by atoms with van der Waals surface area (Å²) in [5.74, 6) is 2.22. The quantitative estimate of drug-likeness (QED) is 0.671. The number of amides is 1. The normalized spacial score (nSPS) is 18.1. The maximum atomic E-state index is 12.1. The molecule has 1 amide bonds. The molecule has 154 valence electrons. The predicted octanol–water partition coefficient (Wildman–Crippen LogP) is 3.62. The van der Waals surface area contributed by atoms with E-state index in [4.69, 9.17) is 9.97 Å². The van der Waals surface area contributed by atoms with Gasteiger partial charge >= 0.3 is 0 Å². The molecule has 2 aliphatic heterocycles. The van der Waals surface area contributed by atoms with E-state index in [0.717, 1.165) is 67.3 Å². The van der Waals surface area contributed by atoms with Crippen LogP contribution in [0.25, 0.3) is 10.9 Å². The number of aromatic nitrogens is 3. The second-order valence-electron chi connectivity index (χ2n) is 8.46. The van der Waals surface area contributed by atoms with Crippen LogP contribution in [-0.4, -0.2) is 45.9 Å². The van der Waals surface area contributed by atoms with E-state index in [1.165, 1.54) is 10.9 Å². The summed E-state index contributed by atoms with van der Waals surface area (Å²) in [6.07, 6.45) is 5.29. The summed E-state index contributed by atoms with van der Waals surface area (Å²) >= 11 is 0. The molecule has 6 nitrogen and oxygen atoms in total. The molecule has 0 radical (unpaired) electrons. The highest BCUT2D eigenvalue weighted by Gasteiger charge is 2.28. The molecule has 0 saturated carbocycles. The molecule has 2 aromatic heterocycles. The molecule has 1 fully saturated rings. The van der Waals surface area contributed by atoms with Gasteiger partial charge in [0.15, 0.2) is 0 Å². The number of carbonyl (C=O) groups is 1. The van der Waals surface area contributed by atoms with Crippen molar-refractivity contribution in [2.45, 2.75) is 45.1 Å². The maximum Gasteiger partial charge on any atom is 0.228 e. The van der Waals surface area contributed by atoms with Crippen LogP contribution in [0.2, 0.25) is 0 Å². The fraction of sp³-hybridized carbons (Fsp3) is 0.417. The minimum Gasteiger partial charge on any atom is -0.300 e. The van der Waals surface area contributed by atoms with Crippen molar-refractivity contribution in [1.29, 1.82) is 0 Å². The summed E-state index contributed by atoms with van der Waals surface area (Å²) in [6, 6.07) is 10.5. The van der Waals surface area contributed by atoms with Gasteiger partial charge in [-0.05, 0) is 57.0 Å².